The molecule has 21 heavy (non-hydrogen) atoms. The number of methoxy groups -OCH3 is 1. The second kappa shape index (κ2) is 7.08. The fraction of sp³-hybridized carbons (Fsp3) is 0.467. The summed E-state index contributed by atoms with van der Waals surface area (Å²) in [5, 5.41) is 6.10. The number of hydrogen-bond donors (Lipinski definition) is 2. The van der Waals surface area contributed by atoms with E-state index in [0.717, 1.165) is 30.8 Å². The predicted octanol–water partition coefficient (Wildman–Crippen LogP) is 1.09. The maximum atomic E-state index is 12.1. The summed E-state index contributed by atoms with van der Waals surface area (Å²) in [6, 6.07) is 5.28. The summed E-state index contributed by atoms with van der Waals surface area (Å²) in [5.41, 5.74) is 1.65. The molecule has 1 aliphatic heterocycles. The molecule has 1 heterocycles. The van der Waals surface area contributed by atoms with Gasteiger partial charge < -0.3 is 20.1 Å². The van der Waals surface area contributed by atoms with Crippen LogP contribution in [0.2, 0.25) is 0 Å². The van der Waals surface area contributed by atoms with Gasteiger partial charge in [-0.25, -0.2) is 4.79 Å². The van der Waals surface area contributed by atoms with Gasteiger partial charge in [-0.1, -0.05) is 0 Å². The molecule has 0 bridgehead atoms. The molecule has 1 aromatic rings. The van der Waals surface area contributed by atoms with Crippen molar-refractivity contribution in [3.63, 3.8) is 0 Å². The van der Waals surface area contributed by atoms with Gasteiger partial charge in [-0.3, -0.25) is 4.79 Å². The van der Waals surface area contributed by atoms with Gasteiger partial charge in [0.25, 0.3) is 0 Å². The molecule has 2 rings (SSSR count). The largest absolute Gasteiger partial charge is 0.482 e. The number of rotatable bonds is 5. The first-order chi connectivity index (χ1) is 10.1. The van der Waals surface area contributed by atoms with E-state index in [-0.39, 0.29) is 18.4 Å². The molecule has 6 nitrogen and oxygen atoms in total. The number of carbonyl (C=O) groups is 2. The minimum Gasteiger partial charge on any atom is -0.482 e. The molecule has 114 valence electrons. The summed E-state index contributed by atoms with van der Waals surface area (Å²) in [6.45, 7) is 3.37. The lowest BCUT2D eigenvalue weighted by molar-refractivity contribution is -0.142. The number of aryl methyl sites for hydroxylation is 1. The molecule has 0 saturated carbocycles. The fourth-order valence-electron chi connectivity index (χ4n) is 2.18. The lowest BCUT2D eigenvalue weighted by Crippen LogP contribution is -2.24. The second-order valence-corrected chi connectivity index (χ2v) is 5.02. The minimum absolute atomic E-state index is 0.0275. The molecule has 1 aliphatic rings. The molecule has 0 radical (unpaired) electrons. The van der Waals surface area contributed by atoms with Crippen molar-refractivity contribution in [1.29, 1.82) is 0 Å². The smallest absolute Gasteiger partial charge is 0.343 e. The summed E-state index contributed by atoms with van der Waals surface area (Å²) in [7, 11) is 1.31. The fourth-order valence-corrected chi connectivity index (χ4v) is 2.18. The monoisotopic (exact) mass is 292 g/mol. The van der Waals surface area contributed by atoms with Crippen LogP contribution in [0.4, 0.5) is 5.69 Å². The minimum atomic E-state index is -0.432. The maximum absolute atomic E-state index is 12.1. The lowest BCUT2D eigenvalue weighted by Gasteiger charge is -2.13. The van der Waals surface area contributed by atoms with Crippen LogP contribution >= 0.6 is 0 Å². The predicted molar refractivity (Wildman–Crippen MR) is 78.3 cm³/mol. The van der Waals surface area contributed by atoms with Crippen molar-refractivity contribution in [2.45, 2.75) is 13.3 Å². The van der Waals surface area contributed by atoms with Crippen molar-refractivity contribution >= 4 is 17.6 Å². The topological polar surface area (TPSA) is 76.7 Å². The van der Waals surface area contributed by atoms with E-state index < -0.39 is 5.97 Å². The number of ether oxygens (including phenoxy) is 2. The number of esters is 1. The van der Waals surface area contributed by atoms with E-state index in [9.17, 15) is 9.59 Å². The first-order valence-electron chi connectivity index (χ1n) is 6.92. The molecule has 1 amide bonds. The van der Waals surface area contributed by atoms with Crippen molar-refractivity contribution in [3.8, 4) is 5.75 Å². The van der Waals surface area contributed by atoms with Crippen molar-refractivity contribution in [2.75, 3.05) is 32.1 Å². The molecule has 0 spiro atoms. The van der Waals surface area contributed by atoms with Gasteiger partial charge in [-0.15, -0.1) is 0 Å². The number of anilines is 1. The van der Waals surface area contributed by atoms with Crippen LogP contribution in [0.15, 0.2) is 18.2 Å². The zero-order valence-electron chi connectivity index (χ0n) is 12.3. The third-order valence-corrected chi connectivity index (χ3v) is 3.47. The molecule has 2 N–H and O–H groups in total. The second-order valence-electron chi connectivity index (χ2n) is 5.02. The Morgan fingerprint density at radius 3 is 2.86 bits per heavy atom. The number of hydrogen-bond acceptors (Lipinski definition) is 5. The van der Waals surface area contributed by atoms with E-state index in [1.807, 2.05) is 6.92 Å². The molecule has 0 aromatic heterocycles. The Hall–Kier alpha value is -2.08. The number of benzene rings is 1. The Labute approximate surface area is 123 Å². The highest BCUT2D eigenvalue weighted by Crippen LogP contribution is 2.22. The Morgan fingerprint density at radius 2 is 2.24 bits per heavy atom. The van der Waals surface area contributed by atoms with Crippen LogP contribution in [-0.2, 0) is 14.3 Å². The van der Waals surface area contributed by atoms with E-state index >= 15 is 0 Å². The Bertz CT molecular complexity index is 524. The summed E-state index contributed by atoms with van der Waals surface area (Å²) >= 11 is 0. The molecule has 1 unspecified atom stereocenters. The third kappa shape index (κ3) is 4.19. The van der Waals surface area contributed by atoms with Crippen molar-refractivity contribution in [3.05, 3.63) is 23.8 Å². The number of amides is 1. The highest BCUT2D eigenvalue weighted by atomic mass is 16.6. The van der Waals surface area contributed by atoms with E-state index in [1.54, 1.807) is 18.2 Å². The normalized spacial score (nSPS) is 17.3. The molecule has 1 aromatic carbocycles. The van der Waals surface area contributed by atoms with Gasteiger partial charge in [-0.05, 0) is 43.7 Å². The van der Waals surface area contributed by atoms with Crippen LogP contribution in [-0.4, -0.2) is 38.7 Å². The van der Waals surface area contributed by atoms with Gasteiger partial charge in [0, 0.05) is 12.2 Å². The summed E-state index contributed by atoms with van der Waals surface area (Å²) in [4.78, 5) is 23.1. The number of nitrogens with one attached hydrogen (secondary N) is 2. The van der Waals surface area contributed by atoms with E-state index in [0.29, 0.717) is 5.75 Å². The Balaban J connectivity index is 1.95. The average molecular weight is 292 g/mol. The van der Waals surface area contributed by atoms with E-state index in [4.69, 9.17) is 4.74 Å². The first-order valence-corrected chi connectivity index (χ1v) is 6.92. The quantitative estimate of drug-likeness (QED) is 0.795. The van der Waals surface area contributed by atoms with Crippen molar-refractivity contribution in [1.82, 2.24) is 5.32 Å². The lowest BCUT2D eigenvalue weighted by atomic mass is 10.1. The van der Waals surface area contributed by atoms with Gasteiger partial charge in [0.2, 0.25) is 5.91 Å². The van der Waals surface area contributed by atoms with Crippen LogP contribution in [0.1, 0.15) is 12.0 Å². The highest BCUT2D eigenvalue weighted by Gasteiger charge is 2.22. The summed E-state index contributed by atoms with van der Waals surface area (Å²) in [5.74, 6) is 0.197. The molecule has 6 heteroatoms. The molecular weight excluding hydrogens is 272 g/mol. The highest BCUT2D eigenvalue weighted by molar-refractivity contribution is 5.93. The van der Waals surface area contributed by atoms with E-state index in [1.165, 1.54) is 7.11 Å². The first kappa shape index (κ1) is 15.3. The molecule has 0 aliphatic carbocycles. The maximum Gasteiger partial charge on any atom is 0.343 e. The van der Waals surface area contributed by atoms with Crippen LogP contribution in [0.5, 0.6) is 5.75 Å². The SMILES string of the molecule is COC(=O)COc1ccc(NC(=O)C2CCNC2)c(C)c1. The van der Waals surface area contributed by atoms with Gasteiger partial charge in [0.15, 0.2) is 6.61 Å². The van der Waals surface area contributed by atoms with Gasteiger partial charge in [0.05, 0.1) is 13.0 Å². The van der Waals surface area contributed by atoms with Crippen molar-refractivity contribution < 1.29 is 19.1 Å². The molecule has 1 atom stereocenters. The Morgan fingerprint density at radius 1 is 1.43 bits per heavy atom. The van der Waals surface area contributed by atoms with Crippen molar-refractivity contribution in [2.24, 2.45) is 5.92 Å². The van der Waals surface area contributed by atoms with Crippen LogP contribution in [0.3, 0.4) is 0 Å². The Kier molecular flexibility index (Phi) is 5.16. The van der Waals surface area contributed by atoms with Crippen LogP contribution in [0, 0.1) is 12.8 Å². The van der Waals surface area contributed by atoms with E-state index in [2.05, 4.69) is 15.4 Å². The molecule has 1 fully saturated rings. The summed E-state index contributed by atoms with van der Waals surface area (Å²) < 4.78 is 9.81. The standard InChI is InChI=1S/C15H20N2O4/c1-10-7-12(21-9-14(18)20-2)3-4-13(10)17-15(19)11-5-6-16-8-11/h3-4,7,11,16H,5-6,8-9H2,1-2H3,(H,17,19). The zero-order valence-corrected chi connectivity index (χ0v) is 12.3. The van der Waals surface area contributed by atoms with Crippen LogP contribution < -0.4 is 15.4 Å². The average Bonchev–Trinajstić information content (AvgIpc) is 3.01. The summed E-state index contributed by atoms with van der Waals surface area (Å²) in [6.07, 6.45) is 0.866. The number of carbonyl (C=O) groups excluding carboxylic acids is 2. The molecule has 1 saturated heterocycles. The third-order valence-electron chi connectivity index (χ3n) is 3.47. The van der Waals surface area contributed by atoms with Gasteiger partial charge >= 0.3 is 5.97 Å². The van der Waals surface area contributed by atoms with Gasteiger partial charge in [0.1, 0.15) is 5.75 Å². The van der Waals surface area contributed by atoms with Gasteiger partial charge in [-0.2, -0.15) is 0 Å². The zero-order chi connectivity index (χ0) is 15.2. The molecular formula is C15H20N2O4. The van der Waals surface area contributed by atoms with Crippen LogP contribution in [0.25, 0.3) is 0 Å².